The fraction of sp³-hybridized carbons (Fsp3) is 0.333. The van der Waals surface area contributed by atoms with Gasteiger partial charge in [-0.25, -0.2) is 8.78 Å². The molecule has 2 nitrogen and oxygen atoms in total. The van der Waals surface area contributed by atoms with Gasteiger partial charge >= 0.3 is 0 Å². The van der Waals surface area contributed by atoms with Gasteiger partial charge in [0, 0.05) is 11.5 Å². The molecule has 0 aliphatic heterocycles. The van der Waals surface area contributed by atoms with Crippen molar-refractivity contribution < 1.29 is 8.78 Å². The van der Waals surface area contributed by atoms with Gasteiger partial charge in [-0.05, 0) is 17.2 Å². The standard InChI is InChI=1S/C9H7BrF2N2/c10-4-7-5-14-8(9(11)12)3-6(7)1-2-13/h3,5,9H,1,4H2. The zero-order chi connectivity index (χ0) is 10.6. The Morgan fingerprint density at radius 2 is 2.21 bits per heavy atom. The smallest absolute Gasteiger partial charge is 0.255 e. The number of halogens is 3. The molecule has 1 heterocycles. The van der Waals surface area contributed by atoms with Crippen molar-refractivity contribution in [2.75, 3.05) is 0 Å². The van der Waals surface area contributed by atoms with Crippen LogP contribution in [0, 0.1) is 11.3 Å². The second kappa shape index (κ2) is 5.01. The van der Waals surface area contributed by atoms with Gasteiger partial charge in [-0.3, -0.25) is 4.98 Å². The fourth-order valence-electron chi connectivity index (χ4n) is 1.03. The van der Waals surface area contributed by atoms with E-state index < -0.39 is 6.43 Å². The van der Waals surface area contributed by atoms with Crippen LogP contribution < -0.4 is 0 Å². The molecule has 1 rings (SSSR count). The van der Waals surface area contributed by atoms with Crippen LogP contribution in [-0.2, 0) is 11.8 Å². The predicted octanol–water partition coefficient (Wildman–Crippen LogP) is 2.98. The molecule has 1 aromatic heterocycles. The van der Waals surface area contributed by atoms with Crippen molar-refractivity contribution in [2.24, 2.45) is 0 Å². The summed E-state index contributed by atoms with van der Waals surface area (Å²) in [6.45, 7) is 0. The first-order valence-corrected chi connectivity index (χ1v) is 5.00. The van der Waals surface area contributed by atoms with E-state index in [1.165, 1.54) is 12.3 Å². The van der Waals surface area contributed by atoms with Gasteiger partial charge in [0.1, 0.15) is 5.69 Å². The maximum absolute atomic E-state index is 12.3. The molecule has 0 aliphatic carbocycles. The Morgan fingerprint density at radius 3 is 2.71 bits per heavy atom. The van der Waals surface area contributed by atoms with Crippen LogP contribution in [0.3, 0.4) is 0 Å². The quantitative estimate of drug-likeness (QED) is 0.784. The molecule has 0 aliphatic rings. The number of aromatic nitrogens is 1. The third kappa shape index (κ3) is 2.48. The monoisotopic (exact) mass is 260 g/mol. The molecule has 0 aromatic carbocycles. The molecule has 0 N–H and O–H groups in total. The molecule has 0 spiro atoms. The summed E-state index contributed by atoms with van der Waals surface area (Å²) >= 11 is 3.20. The Labute approximate surface area is 88.7 Å². The molecule has 0 radical (unpaired) electrons. The molecule has 1 aromatic rings. The summed E-state index contributed by atoms with van der Waals surface area (Å²) in [6.07, 6.45) is -1.08. The first-order chi connectivity index (χ1) is 6.69. The number of hydrogen-bond acceptors (Lipinski definition) is 2. The molecule has 0 fully saturated rings. The summed E-state index contributed by atoms with van der Waals surface area (Å²) in [4.78, 5) is 3.60. The zero-order valence-electron chi connectivity index (χ0n) is 7.17. The minimum Gasteiger partial charge on any atom is -0.255 e. The van der Waals surface area contributed by atoms with Crippen molar-refractivity contribution in [3.63, 3.8) is 0 Å². The van der Waals surface area contributed by atoms with Crippen molar-refractivity contribution in [1.82, 2.24) is 4.98 Å². The Balaban J connectivity index is 3.08. The van der Waals surface area contributed by atoms with Crippen LogP contribution in [0.4, 0.5) is 8.78 Å². The van der Waals surface area contributed by atoms with Gasteiger partial charge in [-0.15, -0.1) is 0 Å². The molecule has 0 saturated heterocycles. The van der Waals surface area contributed by atoms with Crippen LogP contribution in [0.15, 0.2) is 12.3 Å². The topological polar surface area (TPSA) is 36.7 Å². The highest BCUT2D eigenvalue weighted by Gasteiger charge is 2.11. The van der Waals surface area contributed by atoms with Gasteiger partial charge in [-0.2, -0.15) is 5.26 Å². The lowest BCUT2D eigenvalue weighted by atomic mass is 10.1. The minimum absolute atomic E-state index is 0.128. The molecule has 5 heteroatoms. The van der Waals surface area contributed by atoms with Crippen LogP contribution >= 0.6 is 15.9 Å². The maximum Gasteiger partial charge on any atom is 0.280 e. The van der Waals surface area contributed by atoms with E-state index in [1.807, 2.05) is 6.07 Å². The second-order valence-electron chi connectivity index (χ2n) is 2.65. The van der Waals surface area contributed by atoms with Gasteiger partial charge in [0.15, 0.2) is 0 Å². The highest BCUT2D eigenvalue weighted by Crippen LogP contribution is 2.20. The first kappa shape index (κ1) is 11.1. The Morgan fingerprint density at radius 1 is 1.50 bits per heavy atom. The molecule has 74 valence electrons. The van der Waals surface area contributed by atoms with Crippen LogP contribution in [0.1, 0.15) is 23.2 Å². The molecule has 0 amide bonds. The van der Waals surface area contributed by atoms with Crippen molar-refractivity contribution >= 4 is 15.9 Å². The highest BCUT2D eigenvalue weighted by atomic mass is 79.9. The number of alkyl halides is 3. The fourth-order valence-corrected chi connectivity index (χ4v) is 1.54. The first-order valence-electron chi connectivity index (χ1n) is 3.87. The number of hydrogen-bond donors (Lipinski definition) is 0. The predicted molar refractivity (Wildman–Crippen MR) is 51.1 cm³/mol. The minimum atomic E-state index is -2.59. The summed E-state index contributed by atoms with van der Waals surface area (Å²) in [5, 5.41) is 9.01. The summed E-state index contributed by atoms with van der Waals surface area (Å²) in [5.74, 6) is 0. The summed E-state index contributed by atoms with van der Waals surface area (Å²) in [5.41, 5.74) is 1.10. The van der Waals surface area contributed by atoms with E-state index in [4.69, 9.17) is 5.26 Å². The molecule has 0 saturated carbocycles. The average molecular weight is 261 g/mol. The SMILES string of the molecule is N#CCc1cc(C(F)F)ncc1CBr. The molecule has 14 heavy (non-hydrogen) atoms. The van der Waals surface area contributed by atoms with Crippen molar-refractivity contribution in [2.45, 2.75) is 18.2 Å². The molecular formula is C9H7BrF2N2. The number of nitriles is 1. The zero-order valence-corrected chi connectivity index (χ0v) is 8.76. The molecular weight excluding hydrogens is 254 g/mol. The van der Waals surface area contributed by atoms with Gasteiger partial charge in [-0.1, -0.05) is 15.9 Å². The summed E-state index contributed by atoms with van der Waals surface area (Å²) in [7, 11) is 0. The van der Waals surface area contributed by atoms with Crippen molar-refractivity contribution in [3.05, 3.63) is 29.1 Å². The van der Waals surface area contributed by atoms with Gasteiger partial charge in [0.25, 0.3) is 6.43 Å². The Bertz CT molecular complexity index is 360. The van der Waals surface area contributed by atoms with E-state index in [-0.39, 0.29) is 12.1 Å². The molecule has 0 unspecified atom stereocenters. The van der Waals surface area contributed by atoms with Crippen LogP contribution in [0.25, 0.3) is 0 Å². The molecule has 0 bridgehead atoms. The number of nitrogens with zero attached hydrogens (tertiary/aromatic N) is 2. The van der Waals surface area contributed by atoms with Crippen molar-refractivity contribution in [1.29, 1.82) is 5.26 Å². The highest BCUT2D eigenvalue weighted by molar-refractivity contribution is 9.08. The van der Waals surface area contributed by atoms with E-state index in [0.717, 1.165) is 5.56 Å². The third-order valence-electron chi connectivity index (χ3n) is 1.74. The summed E-state index contributed by atoms with van der Waals surface area (Å²) in [6, 6.07) is 3.21. The van der Waals surface area contributed by atoms with E-state index in [0.29, 0.717) is 10.9 Å². The lowest BCUT2D eigenvalue weighted by molar-refractivity contribution is 0.146. The lowest BCUT2D eigenvalue weighted by Crippen LogP contribution is -1.97. The largest absolute Gasteiger partial charge is 0.280 e. The Kier molecular flexibility index (Phi) is 3.96. The maximum atomic E-state index is 12.3. The van der Waals surface area contributed by atoms with E-state index >= 15 is 0 Å². The van der Waals surface area contributed by atoms with E-state index in [9.17, 15) is 8.78 Å². The molecule has 0 atom stereocenters. The van der Waals surface area contributed by atoms with Crippen molar-refractivity contribution in [3.8, 4) is 6.07 Å². The van der Waals surface area contributed by atoms with Gasteiger partial charge < -0.3 is 0 Å². The number of rotatable bonds is 3. The van der Waals surface area contributed by atoms with Crippen LogP contribution in [0.2, 0.25) is 0 Å². The third-order valence-corrected chi connectivity index (χ3v) is 2.35. The lowest BCUT2D eigenvalue weighted by Gasteiger charge is -2.05. The normalized spacial score (nSPS) is 10.2. The van der Waals surface area contributed by atoms with Gasteiger partial charge in [0.05, 0.1) is 12.5 Å². The van der Waals surface area contributed by atoms with E-state index in [2.05, 4.69) is 20.9 Å². The van der Waals surface area contributed by atoms with E-state index in [1.54, 1.807) is 0 Å². The van der Waals surface area contributed by atoms with Crippen LogP contribution in [0.5, 0.6) is 0 Å². The Hall–Kier alpha value is -1.02. The van der Waals surface area contributed by atoms with Crippen LogP contribution in [-0.4, -0.2) is 4.98 Å². The second-order valence-corrected chi connectivity index (χ2v) is 3.21. The summed E-state index contributed by atoms with van der Waals surface area (Å²) < 4.78 is 24.5. The van der Waals surface area contributed by atoms with Gasteiger partial charge in [0.2, 0.25) is 0 Å². The number of pyridine rings is 1. The average Bonchev–Trinajstić information content (AvgIpc) is 2.18.